The van der Waals surface area contributed by atoms with Crippen LogP contribution in [0.15, 0.2) is 18.3 Å². The van der Waals surface area contributed by atoms with Crippen molar-refractivity contribution in [3.8, 4) is 0 Å². The molecular formula is C14H23N3O. The van der Waals surface area contributed by atoms with Gasteiger partial charge in [-0.05, 0) is 31.4 Å². The van der Waals surface area contributed by atoms with Gasteiger partial charge in [0.25, 0.3) is 0 Å². The van der Waals surface area contributed by atoms with Crippen LogP contribution in [-0.2, 0) is 4.74 Å². The second kappa shape index (κ2) is 6.16. The summed E-state index contributed by atoms with van der Waals surface area (Å²) in [6.07, 6.45) is 5.03. The van der Waals surface area contributed by atoms with Crippen LogP contribution in [0.4, 0.5) is 5.69 Å². The lowest BCUT2D eigenvalue weighted by Crippen LogP contribution is -2.36. The molecule has 0 aliphatic carbocycles. The third kappa shape index (κ3) is 3.00. The molecule has 18 heavy (non-hydrogen) atoms. The average Bonchev–Trinajstić information content (AvgIpc) is 2.47. The summed E-state index contributed by atoms with van der Waals surface area (Å²) in [4.78, 5) is 6.77. The van der Waals surface area contributed by atoms with E-state index in [0.717, 1.165) is 43.9 Å². The van der Waals surface area contributed by atoms with E-state index in [9.17, 15) is 0 Å². The Labute approximate surface area is 109 Å². The van der Waals surface area contributed by atoms with Gasteiger partial charge in [-0.15, -0.1) is 0 Å². The van der Waals surface area contributed by atoms with Crippen molar-refractivity contribution >= 4 is 5.69 Å². The molecule has 0 radical (unpaired) electrons. The molecule has 2 N–H and O–H groups in total. The zero-order valence-electron chi connectivity index (χ0n) is 11.3. The molecule has 1 aromatic heterocycles. The Morgan fingerprint density at radius 1 is 1.44 bits per heavy atom. The molecule has 1 aromatic rings. The van der Waals surface area contributed by atoms with Crippen molar-refractivity contribution in [2.24, 2.45) is 5.73 Å². The molecule has 2 rings (SSSR count). The summed E-state index contributed by atoms with van der Waals surface area (Å²) in [5.74, 6) is 0. The molecule has 0 saturated carbocycles. The van der Waals surface area contributed by atoms with Crippen molar-refractivity contribution in [2.45, 2.75) is 38.3 Å². The van der Waals surface area contributed by atoms with Gasteiger partial charge < -0.3 is 15.4 Å². The van der Waals surface area contributed by atoms with Gasteiger partial charge in [-0.2, -0.15) is 0 Å². The third-order valence-electron chi connectivity index (χ3n) is 3.74. The lowest BCUT2D eigenvalue weighted by atomic mass is 10.1. The normalized spacial score (nSPS) is 18.6. The number of hydrogen-bond acceptors (Lipinski definition) is 4. The van der Waals surface area contributed by atoms with E-state index in [4.69, 9.17) is 10.5 Å². The van der Waals surface area contributed by atoms with Crippen LogP contribution in [0.5, 0.6) is 0 Å². The van der Waals surface area contributed by atoms with Crippen molar-refractivity contribution in [2.75, 3.05) is 25.2 Å². The zero-order chi connectivity index (χ0) is 13.0. The number of ether oxygens (including phenoxy) is 1. The van der Waals surface area contributed by atoms with E-state index in [1.165, 1.54) is 0 Å². The van der Waals surface area contributed by atoms with Crippen LogP contribution >= 0.6 is 0 Å². The van der Waals surface area contributed by atoms with E-state index >= 15 is 0 Å². The summed E-state index contributed by atoms with van der Waals surface area (Å²) in [5, 5.41) is 0. The second-order valence-electron chi connectivity index (χ2n) is 4.91. The Kier molecular flexibility index (Phi) is 4.55. The molecule has 0 aromatic carbocycles. The Bertz CT molecular complexity index is 360. The number of aromatic nitrogens is 1. The highest BCUT2D eigenvalue weighted by atomic mass is 16.5. The molecule has 1 fully saturated rings. The van der Waals surface area contributed by atoms with E-state index in [0.29, 0.717) is 6.04 Å². The number of rotatable bonds is 4. The van der Waals surface area contributed by atoms with Gasteiger partial charge >= 0.3 is 0 Å². The van der Waals surface area contributed by atoms with E-state index < -0.39 is 0 Å². The highest BCUT2D eigenvalue weighted by Crippen LogP contribution is 2.21. The van der Waals surface area contributed by atoms with Gasteiger partial charge in [0.15, 0.2) is 0 Å². The first-order valence-corrected chi connectivity index (χ1v) is 6.74. The SMILES string of the molecule is CC[C@@H](N)c1ccc(N(C)C2CCOCC2)cn1. The first-order valence-electron chi connectivity index (χ1n) is 6.74. The second-order valence-corrected chi connectivity index (χ2v) is 4.91. The minimum absolute atomic E-state index is 0.0486. The Balaban J connectivity index is 2.03. The van der Waals surface area contributed by atoms with Gasteiger partial charge in [-0.1, -0.05) is 6.92 Å². The maximum Gasteiger partial charge on any atom is 0.0572 e. The maximum absolute atomic E-state index is 5.97. The van der Waals surface area contributed by atoms with Crippen LogP contribution in [0, 0.1) is 0 Å². The zero-order valence-corrected chi connectivity index (χ0v) is 11.3. The predicted molar refractivity (Wildman–Crippen MR) is 73.7 cm³/mol. The van der Waals surface area contributed by atoms with Crippen LogP contribution in [0.2, 0.25) is 0 Å². The van der Waals surface area contributed by atoms with Gasteiger partial charge in [0.05, 0.1) is 17.6 Å². The molecule has 1 saturated heterocycles. The molecule has 4 heteroatoms. The van der Waals surface area contributed by atoms with Gasteiger partial charge in [-0.3, -0.25) is 4.98 Å². The Morgan fingerprint density at radius 2 is 2.17 bits per heavy atom. The van der Waals surface area contributed by atoms with Crippen molar-refractivity contribution in [3.05, 3.63) is 24.0 Å². The fourth-order valence-corrected chi connectivity index (χ4v) is 2.32. The van der Waals surface area contributed by atoms with E-state index in [1.807, 2.05) is 12.3 Å². The number of pyridine rings is 1. The summed E-state index contributed by atoms with van der Waals surface area (Å²) in [6, 6.07) is 4.77. The predicted octanol–water partition coefficient (Wildman–Crippen LogP) is 2.11. The topological polar surface area (TPSA) is 51.4 Å². The first kappa shape index (κ1) is 13.3. The third-order valence-corrected chi connectivity index (χ3v) is 3.74. The fourth-order valence-electron chi connectivity index (χ4n) is 2.32. The van der Waals surface area contributed by atoms with Gasteiger partial charge in [0.2, 0.25) is 0 Å². The molecule has 0 amide bonds. The maximum atomic E-state index is 5.97. The van der Waals surface area contributed by atoms with Crippen molar-refractivity contribution in [3.63, 3.8) is 0 Å². The largest absolute Gasteiger partial charge is 0.381 e. The van der Waals surface area contributed by atoms with Crippen LogP contribution in [0.1, 0.15) is 37.9 Å². The molecule has 0 bridgehead atoms. The van der Waals surface area contributed by atoms with E-state index in [1.54, 1.807) is 0 Å². The average molecular weight is 249 g/mol. The van der Waals surface area contributed by atoms with Crippen LogP contribution in [0.25, 0.3) is 0 Å². The molecule has 1 aliphatic rings. The highest BCUT2D eigenvalue weighted by Gasteiger charge is 2.19. The Hall–Kier alpha value is -1.13. The molecule has 100 valence electrons. The number of nitrogens with zero attached hydrogens (tertiary/aromatic N) is 2. The first-order chi connectivity index (χ1) is 8.72. The lowest BCUT2D eigenvalue weighted by Gasteiger charge is -2.32. The summed E-state index contributed by atoms with van der Waals surface area (Å²) in [5.41, 5.74) is 8.11. The standard InChI is InChI=1S/C14H23N3O/c1-3-13(15)14-5-4-12(10-16-14)17(2)11-6-8-18-9-7-11/h4-5,10-11,13H,3,6-9,15H2,1-2H3/t13-/m1/s1. The minimum Gasteiger partial charge on any atom is -0.381 e. The molecule has 2 heterocycles. The molecular weight excluding hydrogens is 226 g/mol. The summed E-state index contributed by atoms with van der Waals surface area (Å²) in [7, 11) is 2.13. The van der Waals surface area contributed by atoms with Gasteiger partial charge in [0.1, 0.15) is 0 Å². The number of anilines is 1. The molecule has 4 nitrogen and oxygen atoms in total. The fraction of sp³-hybridized carbons (Fsp3) is 0.643. The highest BCUT2D eigenvalue weighted by molar-refractivity contribution is 5.45. The number of hydrogen-bond donors (Lipinski definition) is 1. The summed E-state index contributed by atoms with van der Waals surface area (Å²) < 4.78 is 5.39. The smallest absolute Gasteiger partial charge is 0.0572 e. The molecule has 1 atom stereocenters. The summed E-state index contributed by atoms with van der Waals surface area (Å²) >= 11 is 0. The van der Waals surface area contributed by atoms with Gasteiger partial charge in [0, 0.05) is 32.3 Å². The van der Waals surface area contributed by atoms with E-state index in [2.05, 4.69) is 29.9 Å². The van der Waals surface area contributed by atoms with Crippen molar-refractivity contribution in [1.82, 2.24) is 4.98 Å². The molecule has 1 aliphatic heterocycles. The van der Waals surface area contributed by atoms with Crippen molar-refractivity contribution < 1.29 is 4.74 Å². The molecule has 0 spiro atoms. The quantitative estimate of drug-likeness (QED) is 0.888. The van der Waals surface area contributed by atoms with Crippen LogP contribution in [0.3, 0.4) is 0 Å². The van der Waals surface area contributed by atoms with Crippen LogP contribution in [-0.4, -0.2) is 31.3 Å². The number of nitrogens with two attached hydrogens (primary N) is 1. The Morgan fingerprint density at radius 3 is 2.72 bits per heavy atom. The van der Waals surface area contributed by atoms with Gasteiger partial charge in [-0.25, -0.2) is 0 Å². The minimum atomic E-state index is 0.0486. The summed E-state index contributed by atoms with van der Waals surface area (Å²) in [6.45, 7) is 3.80. The van der Waals surface area contributed by atoms with E-state index in [-0.39, 0.29) is 6.04 Å². The van der Waals surface area contributed by atoms with Crippen LogP contribution < -0.4 is 10.6 Å². The lowest BCUT2D eigenvalue weighted by molar-refractivity contribution is 0.0855. The molecule has 0 unspecified atom stereocenters. The monoisotopic (exact) mass is 249 g/mol. The van der Waals surface area contributed by atoms with Crippen molar-refractivity contribution in [1.29, 1.82) is 0 Å².